The molecule has 1 aromatic rings. The van der Waals surface area contributed by atoms with Gasteiger partial charge in [0.25, 0.3) is 0 Å². The molecule has 0 aliphatic carbocycles. The molecule has 1 fully saturated rings. The van der Waals surface area contributed by atoms with Crippen molar-refractivity contribution in [3.63, 3.8) is 0 Å². The summed E-state index contributed by atoms with van der Waals surface area (Å²) in [7, 11) is -3.68. The van der Waals surface area contributed by atoms with Crippen molar-refractivity contribution in [2.24, 2.45) is 0 Å². The SMILES string of the molecule is CC(=O)c1cccc(S(=O)(=O)N2CCNC(=O)CC2)c1. The first-order chi connectivity index (χ1) is 9.41. The number of nitrogens with zero attached hydrogens (tertiary/aromatic N) is 1. The van der Waals surface area contributed by atoms with Gasteiger partial charge in [0.05, 0.1) is 4.90 Å². The van der Waals surface area contributed by atoms with E-state index >= 15 is 0 Å². The molecule has 1 amide bonds. The Morgan fingerprint density at radius 3 is 2.75 bits per heavy atom. The number of Topliss-reactive ketones (excluding diaryl/α,β-unsaturated/α-hetero) is 1. The minimum atomic E-state index is -3.68. The number of rotatable bonds is 3. The Kier molecular flexibility index (Phi) is 4.20. The third-order valence-corrected chi connectivity index (χ3v) is 5.04. The zero-order chi connectivity index (χ0) is 14.8. The highest BCUT2D eigenvalue weighted by Crippen LogP contribution is 2.18. The number of sulfonamides is 1. The van der Waals surface area contributed by atoms with E-state index in [0.717, 1.165) is 0 Å². The van der Waals surface area contributed by atoms with Crippen molar-refractivity contribution in [1.82, 2.24) is 9.62 Å². The Labute approximate surface area is 117 Å². The minimum absolute atomic E-state index is 0.0829. The second kappa shape index (κ2) is 5.72. The van der Waals surface area contributed by atoms with Gasteiger partial charge in [0, 0.05) is 31.6 Å². The maximum Gasteiger partial charge on any atom is 0.243 e. The zero-order valence-corrected chi connectivity index (χ0v) is 11.9. The Morgan fingerprint density at radius 1 is 1.30 bits per heavy atom. The van der Waals surface area contributed by atoms with Crippen LogP contribution in [-0.4, -0.2) is 44.0 Å². The molecular weight excluding hydrogens is 280 g/mol. The third kappa shape index (κ3) is 3.05. The standard InChI is InChI=1S/C13H16N2O4S/c1-10(16)11-3-2-4-12(9-11)20(18,19)15-7-5-13(17)14-6-8-15/h2-4,9H,5-8H2,1H3,(H,14,17). The Morgan fingerprint density at radius 2 is 2.05 bits per heavy atom. The summed E-state index contributed by atoms with van der Waals surface area (Å²) >= 11 is 0. The molecule has 108 valence electrons. The van der Waals surface area contributed by atoms with E-state index in [9.17, 15) is 18.0 Å². The van der Waals surface area contributed by atoms with Crippen LogP contribution in [0.4, 0.5) is 0 Å². The molecule has 2 rings (SSSR count). The van der Waals surface area contributed by atoms with Gasteiger partial charge in [-0.1, -0.05) is 12.1 Å². The summed E-state index contributed by atoms with van der Waals surface area (Å²) in [5.74, 6) is -0.338. The van der Waals surface area contributed by atoms with Gasteiger partial charge in [0.2, 0.25) is 15.9 Å². The van der Waals surface area contributed by atoms with Crippen LogP contribution < -0.4 is 5.32 Å². The summed E-state index contributed by atoms with van der Waals surface area (Å²) in [4.78, 5) is 22.7. The molecule has 1 aromatic carbocycles. The maximum atomic E-state index is 12.5. The van der Waals surface area contributed by atoms with E-state index in [1.54, 1.807) is 12.1 Å². The first-order valence-corrected chi connectivity index (χ1v) is 7.73. The van der Waals surface area contributed by atoms with Gasteiger partial charge in [-0.3, -0.25) is 9.59 Å². The molecule has 0 radical (unpaired) electrons. The van der Waals surface area contributed by atoms with E-state index in [1.807, 2.05) is 0 Å². The molecule has 1 aliphatic rings. The van der Waals surface area contributed by atoms with Gasteiger partial charge in [-0.25, -0.2) is 8.42 Å². The predicted molar refractivity (Wildman–Crippen MR) is 72.8 cm³/mol. The first-order valence-electron chi connectivity index (χ1n) is 6.29. The van der Waals surface area contributed by atoms with Crippen LogP contribution in [0, 0.1) is 0 Å². The van der Waals surface area contributed by atoms with Crippen molar-refractivity contribution in [2.45, 2.75) is 18.2 Å². The average molecular weight is 296 g/mol. The topological polar surface area (TPSA) is 83.6 Å². The number of hydrogen-bond donors (Lipinski definition) is 1. The highest BCUT2D eigenvalue weighted by molar-refractivity contribution is 7.89. The number of carbonyl (C=O) groups is 2. The second-order valence-electron chi connectivity index (χ2n) is 4.59. The lowest BCUT2D eigenvalue weighted by Gasteiger charge is -2.19. The lowest BCUT2D eigenvalue weighted by atomic mass is 10.2. The van der Waals surface area contributed by atoms with Gasteiger partial charge >= 0.3 is 0 Å². The van der Waals surface area contributed by atoms with Crippen LogP contribution >= 0.6 is 0 Å². The molecule has 1 heterocycles. The fourth-order valence-electron chi connectivity index (χ4n) is 2.01. The Hall–Kier alpha value is -1.73. The second-order valence-corrected chi connectivity index (χ2v) is 6.53. The largest absolute Gasteiger partial charge is 0.355 e. The van der Waals surface area contributed by atoms with Crippen LogP contribution in [0.5, 0.6) is 0 Å². The molecular formula is C13H16N2O4S. The van der Waals surface area contributed by atoms with Crippen molar-refractivity contribution in [3.8, 4) is 0 Å². The summed E-state index contributed by atoms with van der Waals surface area (Å²) < 4.78 is 26.3. The lowest BCUT2D eigenvalue weighted by molar-refractivity contribution is -0.120. The highest BCUT2D eigenvalue weighted by Gasteiger charge is 2.27. The number of carbonyl (C=O) groups excluding carboxylic acids is 2. The highest BCUT2D eigenvalue weighted by atomic mass is 32.2. The van der Waals surface area contributed by atoms with Gasteiger partial charge in [-0.2, -0.15) is 4.31 Å². The van der Waals surface area contributed by atoms with Gasteiger partial charge in [-0.15, -0.1) is 0 Å². The predicted octanol–water partition coefficient (Wildman–Crippen LogP) is 0.400. The van der Waals surface area contributed by atoms with Crippen molar-refractivity contribution < 1.29 is 18.0 Å². The molecule has 0 bridgehead atoms. The molecule has 6 nitrogen and oxygen atoms in total. The average Bonchev–Trinajstić information content (AvgIpc) is 2.64. The molecule has 20 heavy (non-hydrogen) atoms. The Bertz CT molecular complexity index is 640. The van der Waals surface area contributed by atoms with Gasteiger partial charge in [0.15, 0.2) is 5.78 Å². The molecule has 0 saturated carbocycles. The smallest absolute Gasteiger partial charge is 0.243 e. The van der Waals surface area contributed by atoms with Crippen molar-refractivity contribution in [2.75, 3.05) is 19.6 Å². The van der Waals surface area contributed by atoms with Crippen molar-refractivity contribution in [1.29, 1.82) is 0 Å². The van der Waals surface area contributed by atoms with E-state index in [2.05, 4.69) is 5.32 Å². The summed E-state index contributed by atoms with van der Waals surface area (Å²) in [6.07, 6.45) is 0.144. The lowest BCUT2D eigenvalue weighted by Crippen LogP contribution is -2.34. The minimum Gasteiger partial charge on any atom is -0.355 e. The van der Waals surface area contributed by atoms with E-state index in [0.29, 0.717) is 12.1 Å². The fraction of sp³-hybridized carbons (Fsp3) is 0.385. The monoisotopic (exact) mass is 296 g/mol. The molecule has 0 aromatic heterocycles. The van der Waals surface area contributed by atoms with Gasteiger partial charge < -0.3 is 5.32 Å². The normalized spacial score (nSPS) is 17.4. The fourth-order valence-corrected chi connectivity index (χ4v) is 3.50. The molecule has 0 unspecified atom stereocenters. The van der Waals surface area contributed by atoms with Gasteiger partial charge in [-0.05, 0) is 19.1 Å². The zero-order valence-electron chi connectivity index (χ0n) is 11.1. The quantitative estimate of drug-likeness (QED) is 0.818. The van der Waals surface area contributed by atoms with E-state index in [4.69, 9.17) is 0 Å². The van der Waals surface area contributed by atoms with Crippen molar-refractivity contribution in [3.05, 3.63) is 29.8 Å². The molecule has 1 saturated heterocycles. The number of amides is 1. The number of ketones is 1. The third-order valence-electron chi connectivity index (χ3n) is 3.15. The summed E-state index contributed by atoms with van der Waals surface area (Å²) in [6.45, 7) is 2.07. The molecule has 1 N–H and O–H groups in total. The number of hydrogen-bond acceptors (Lipinski definition) is 4. The summed E-state index contributed by atoms with van der Waals surface area (Å²) in [5, 5.41) is 2.63. The van der Waals surface area contributed by atoms with Crippen LogP contribution in [0.25, 0.3) is 0 Å². The first kappa shape index (κ1) is 14.7. The number of benzene rings is 1. The van der Waals surface area contributed by atoms with Crippen LogP contribution in [0.15, 0.2) is 29.2 Å². The van der Waals surface area contributed by atoms with E-state index in [1.165, 1.54) is 23.4 Å². The summed E-state index contributed by atoms with van der Waals surface area (Å²) in [5.41, 5.74) is 0.357. The molecule has 0 atom stereocenters. The van der Waals surface area contributed by atoms with Gasteiger partial charge in [0.1, 0.15) is 0 Å². The number of nitrogens with one attached hydrogen (secondary N) is 1. The summed E-state index contributed by atoms with van der Waals surface area (Å²) in [6, 6.07) is 5.96. The molecule has 1 aliphatic heterocycles. The van der Waals surface area contributed by atoms with E-state index < -0.39 is 10.0 Å². The van der Waals surface area contributed by atoms with Crippen molar-refractivity contribution >= 4 is 21.7 Å². The molecule has 7 heteroatoms. The Balaban J connectivity index is 2.32. The van der Waals surface area contributed by atoms with Crippen LogP contribution in [-0.2, 0) is 14.8 Å². The van der Waals surface area contributed by atoms with E-state index in [-0.39, 0.29) is 36.1 Å². The van der Waals surface area contributed by atoms with Crippen LogP contribution in [0.2, 0.25) is 0 Å². The van der Waals surface area contributed by atoms with Crippen LogP contribution in [0.3, 0.4) is 0 Å². The van der Waals surface area contributed by atoms with Crippen LogP contribution in [0.1, 0.15) is 23.7 Å². The maximum absolute atomic E-state index is 12.5. The molecule has 0 spiro atoms.